The van der Waals surface area contributed by atoms with Crippen molar-refractivity contribution in [2.24, 2.45) is 0 Å². The molecule has 0 fully saturated rings. The van der Waals surface area contributed by atoms with Gasteiger partial charge in [0.1, 0.15) is 5.75 Å². The number of hydrogen-bond acceptors (Lipinski definition) is 4. The molecule has 6 nitrogen and oxygen atoms in total. The standard InChI is InChI=1S/C22H21N3O3/c1-14-4-9-20(15(2)10-14)25-22(27)17-11-16(12-23-13-17)21(26)24-18-5-7-19(28-3)8-6-18/h4-13H,1-3H3,(H,24,26)(H,25,27). The van der Waals surface area contributed by atoms with Crippen LogP contribution in [0, 0.1) is 13.8 Å². The van der Waals surface area contributed by atoms with Gasteiger partial charge in [0.15, 0.2) is 0 Å². The number of hydrogen-bond donors (Lipinski definition) is 2. The number of carbonyl (C=O) groups is 2. The molecule has 0 unspecified atom stereocenters. The Balaban J connectivity index is 1.73. The third-order valence-electron chi connectivity index (χ3n) is 4.24. The highest BCUT2D eigenvalue weighted by atomic mass is 16.5. The van der Waals surface area contributed by atoms with Crippen LogP contribution in [0.3, 0.4) is 0 Å². The zero-order valence-electron chi connectivity index (χ0n) is 15.9. The van der Waals surface area contributed by atoms with Gasteiger partial charge < -0.3 is 15.4 Å². The summed E-state index contributed by atoms with van der Waals surface area (Å²) in [4.78, 5) is 29.1. The highest BCUT2D eigenvalue weighted by Crippen LogP contribution is 2.18. The van der Waals surface area contributed by atoms with E-state index in [-0.39, 0.29) is 11.8 Å². The molecule has 28 heavy (non-hydrogen) atoms. The molecule has 0 bridgehead atoms. The Morgan fingerprint density at radius 1 is 0.857 bits per heavy atom. The number of aromatic nitrogens is 1. The zero-order valence-corrected chi connectivity index (χ0v) is 15.9. The fourth-order valence-electron chi connectivity index (χ4n) is 2.71. The van der Waals surface area contributed by atoms with Crippen molar-refractivity contribution in [3.8, 4) is 5.75 Å². The molecule has 6 heteroatoms. The van der Waals surface area contributed by atoms with Gasteiger partial charge in [-0.05, 0) is 55.8 Å². The molecule has 0 spiro atoms. The van der Waals surface area contributed by atoms with E-state index < -0.39 is 0 Å². The first kappa shape index (κ1) is 19.1. The average Bonchev–Trinajstić information content (AvgIpc) is 2.70. The van der Waals surface area contributed by atoms with E-state index in [0.29, 0.717) is 22.6 Å². The fourth-order valence-corrected chi connectivity index (χ4v) is 2.71. The second kappa shape index (κ2) is 8.35. The zero-order chi connectivity index (χ0) is 20.1. The molecule has 0 atom stereocenters. The van der Waals surface area contributed by atoms with Gasteiger partial charge in [-0.2, -0.15) is 0 Å². The summed E-state index contributed by atoms with van der Waals surface area (Å²) >= 11 is 0. The minimum Gasteiger partial charge on any atom is -0.497 e. The number of amides is 2. The molecule has 1 aromatic heterocycles. The summed E-state index contributed by atoms with van der Waals surface area (Å²) in [6, 6.07) is 14.3. The molecule has 0 aliphatic rings. The van der Waals surface area contributed by atoms with E-state index in [1.54, 1.807) is 31.4 Å². The van der Waals surface area contributed by atoms with E-state index in [0.717, 1.165) is 16.8 Å². The summed E-state index contributed by atoms with van der Waals surface area (Å²) < 4.78 is 5.10. The number of nitrogens with zero attached hydrogens (tertiary/aromatic N) is 1. The largest absolute Gasteiger partial charge is 0.497 e. The molecule has 2 amide bonds. The van der Waals surface area contributed by atoms with Crippen molar-refractivity contribution in [3.63, 3.8) is 0 Å². The first-order chi connectivity index (χ1) is 13.5. The van der Waals surface area contributed by atoms with Crippen molar-refractivity contribution in [2.75, 3.05) is 17.7 Å². The van der Waals surface area contributed by atoms with Gasteiger partial charge in [-0.25, -0.2) is 0 Å². The number of nitrogens with one attached hydrogen (secondary N) is 2. The molecule has 0 aliphatic carbocycles. The van der Waals surface area contributed by atoms with E-state index in [9.17, 15) is 9.59 Å². The Morgan fingerprint density at radius 2 is 1.50 bits per heavy atom. The summed E-state index contributed by atoms with van der Waals surface area (Å²) in [5, 5.41) is 5.63. The smallest absolute Gasteiger partial charge is 0.257 e. The number of rotatable bonds is 5. The molecule has 142 valence electrons. The summed E-state index contributed by atoms with van der Waals surface area (Å²) in [6.07, 6.45) is 2.86. The van der Waals surface area contributed by atoms with Crippen LogP contribution in [0.5, 0.6) is 5.75 Å². The van der Waals surface area contributed by atoms with Crippen molar-refractivity contribution in [1.82, 2.24) is 4.98 Å². The quantitative estimate of drug-likeness (QED) is 0.700. The van der Waals surface area contributed by atoms with Gasteiger partial charge in [0.05, 0.1) is 18.2 Å². The number of benzene rings is 2. The Hall–Kier alpha value is -3.67. The lowest BCUT2D eigenvalue weighted by atomic mass is 10.1. The highest BCUT2D eigenvalue weighted by Gasteiger charge is 2.13. The second-order valence-corrected chi connectivity index (χ2v) is 6.42. The molecular formula is C22H21N3O3. The minimum absolute atomic E-state index is 0.295. The van der Waals surface area contributed by atoms with Crippen LogP contribution >= 0.6 is 0 Å². The average molecular weight is 375 g/mol. The van der Waals surface area contributed by atoms with Crippen molar-refractivity contribution in [2.45, 2.75) is 13.8 Å². The Morgan fingerprint density at radius 3 is 2.11 bits per heavy atom. The van der Waals surface area contributed by atoms with E-state index in [1.165, 1.54) is 18.5 Å². The fraction of sp³-hybridized carbons (Fsp3) is 0.136. The number of pyridine rings is 1. The highest BCUT2D eigenvalue weighted by molar-refractivity contribution is 6.08. The van der Waals surface area contributed by atoms with E-state index >= 15 is 0 Å². The molecule has 0 radical (unpaired) electrons. The molecule has 0 saturated heterocycles. The lowest BCUT2D eigenvalue weighted by Gasteiger charge is -2.10. The van der Waals surface area contributed by atoms with Crippen molar-refractivity contribution in [1.29, 1.82) is 0 Å². The Bertz CT molecular complexity index is 1010. The second-order valence-electron chi connectivity index (χ2n) is 6.42. The monoisotopic (exact) mass is 375 g/mol. The van der Waals surface area contributed by atoms with Crippen molar-refractivity contribution in [3.05, 3.63) is 83.2 Å². The minimum atomic E-state index is -0.348. The topological polar surface area (TPSA) is 80.3 Å². The Labute approximate surface area is 163 Å². The number of ether oxygens (including phenoxy) is 1. The number of anilines is 2. The van der Waals surface area contributed by atoms with Crippen LogP contribution in [0.2, 0.25) is 0 Å². The number of aryl methyl sites for hydroxylation is 2. The van der Waals surface area contributed by atoms with Crippen LogP contribution in [0.4, 0.5) is 11.4 Å². The number of methoxy groups -OCH3 is 1. The van der Waals surface area contributed by atoms with Gasteiger partial charge in [-0.15, -0.1) is 0 Å². The molecule has 3 rings (SSSR count). The van der Waals surface area contributed by atoms with Crippen LogP contribution in [0.1, 0.15) is 31.8 Å². The molecule has 0 aliphatic heterocycles. The summed E-state index contributed by atoms with van der Waals surface area (Å²) in [5.41, 5.74) is 4.04. The molecule has 1 heterocycles. The predicted molar refractivity (Wildman–Crippen MR) is 109 cm³/mol. The number of carbonyl (C=O) groups excluding carboxylic acids is 2. The van der Waals surface area contributed by atoms with Crippen LogP contribution in [-0.4, -0.2) is 23.9 Å². The first-order valence-electron chi connectivity index (χ1n) is 8.75. The van der Waals surface area contributed by atoms with E-state index in [1.807, 2.05) is 32.0 Å². The van der Waals surface area contributed by atoms with Gasteiger partial charge in [-0.3, -0.25) is 14.6 Å². The Kier molecular flexibility index (Phi) is 5.69. The van der Waals surface area contributed by atoms with Gasteiger partial charge in [-0.1, -0.05) is 17.7 Å². The van der Waals surface area contributed by atoms with Crippen molar-refractivity contribution < 1.29 is 14.3 Å². The first-order valence-corrected chi connectivity index (χ1v) is 8.75. The summed E-state index contributed by atoms with van der Waals surface area (Å²) in [6.45, 7) is 3.92. The predicted octanol–water partition coefficient (Wildman–Crippen LogP) is 4.21. The van der Waals surface area contributed by atoms with Crippen LogP contribution in [0.15, 0.2) is 60.9 Å². The van der Waals surface area contributed by atoms with Crippen LogP contribution < -0.4 is 15.4 Å². The van der Waals surface area contributed by atoms with Crippen LogP contribution in [0.25, 0.3) is 0 Å². The van der Waals surface area contributed by atoms with E-state index in [4.69, 9.17) is 4.74 Å². The maximum Gasteiger partial charge on any atom is 0.257 e. The third kappa shape index (κ3) is 4.54. The lowest BCUT2D eigenvalue weighted by Crippen LogP contribution is -2.16. The maximum absolute atomic E-state index is 12.6. The molecule has 3 aromatic rings. The van der Waals surface area contributed by atoms with E-state index in [2.05, 4.69) is 15.6 Å². The SMILES string of the molecule is COc1ccc(NC(=O)c2cncc(C(=O)Nc3ccc(C)cc3C)c2)cc1. The summed E-state index contributed by atoms with van der Waals surface area (Å²) in [5.74, 6) is 0.0297. The third-order valence-corrected chi connectivity index (χ3v) is 4.24. The van der Waals surface area contributed by atoms with Crippen molar-refractivity contribution >= 4 is 23.2 Å². The normalized spacial score (nSPS) is 10.2. The van der Waals surface area contributed by atoms with Gasteiger partial charge in [0.2, 0.25) is 0 Å². The van der Waals surface area contributed by atoms with Gasteiger partial charge >= 0.3 is 0 Å². The molecule has 0 saturated carbocycles. The van der Waals surface area contributed by atoms with Crippen LogP contribution in [-0.2, 0) is 0 Å². The van der Waals surface area contributed by atoms with Gasteiger partial charge in [0.25, 0.3) is 11.8 Å². The molecular weight excluding hydrogens is 354 g/mol. The summed E-state index contributed by atoms with van der Waals surface area (Å²) in [7, 11) is 1.58. The van der Waals surface area contributed by atoms with Gasteiger partial charge in [0, 0.05) is 23.8 Å². The molecule has 2 aromatic carbocycles. The molecule has 2 N–H and O–H groups in total. The lowest BCUT2D eigenvalue weighted by molar-refractivity contribution is 0.102. The maximum atomic E-state index is 12.6.